The quantitative estimate of drug-likeness (QED) is 0.868. The van der Waals surface area contributed by atoms with E-state index in [-0.39, 0.29) is 18.1 Å². The van der Waals surface area contributed by atoms with Crippen molar-refractivity contribution in [3.8, 4) is 5.75 Å². The normalized spacial score (nSPS) is 10.5. The van der Waals surface area contributed by atoms with Crippen molar-refractivity contribution in [3.05, 3.63) is 47.3 Å². The molecule has 2 aromatic rings. The average molecular weight is 273 g/mol. The number of rotatable bonds is 5. The highest BCUT2D eigenvalue weighted by Gasteiger charge is 2.08. The van der Waals surface area contributed by atoms with E-state index in [0.717, 1.165) is 23.2 Å². The Labute approximate surface area is 118 Å². The molecule has 20 heavy (non-hydrogen) atoms. The molecule has 2 rings (SSSR count). The highest BCUT2D eigenvalue weighted by molar-refractivity contribution is 5.78. The van der Waals surface area contributed by atoms with Crippen molar-refractivity contribution in [3.63, 3.8) is 0 Å². The van der Waals surface area contributed by atoms with Gasteiger partial charge in [-0.05, 0) is 24.1 Å². The van der Waals surface area contributed by atoms with Crippen LogP contribution in [0.25, 0.3) is 0 Å². The molecule has 1 heterocycles. The second-order valence-electron chi connectivity index (χ2n) is 4.75. The Morgan fingerprint density at radius 2 is 2.25 bits per heavy atom. The third-order valence-electron chi connectivity index (χ3n) is 3.08. The van der Waals surface area contributed by atoms with E-state index in [0.29, 0.717) is 6.54 Å². The lowest BCUT2D eigenvalue weighted by atomic mass is 10.1. The topological polar surface area (TPSA) is 67.2 Å². The Morgan fingerprint density at radius 1 is 1.45 bits per heavy atom. The molecule has 0 aliphatic rings. The Bertz CT molecular complexity index is 605. The van der Waals surface area contributed by atoms with Crippen LogP contribution in [0.1, 0.15) is 23.7 Å². The van der Waals surface area contributed by atoms with Crippen LogP contribution in [0.4, 0.5) is 0 Å². The zero-order valence-corrected chi connectivity index (χ0v) is 11.8. The lowest BCUT2D eigenvalue weighted by Gasteiger charge is -2.05. The number of hydrogen-bond donors (Lipinski definition) is 2. The number of phenolic OH excluding ortho intramolecular Hbond substituents is 1. The molecule has 0 saturated heterocycles. The maximum atomic E-state index is 11.9. The van der Waals surface area contributed by atoms with Crippen LogP contribution in [0.15, 0.2) is 30.5 Å². The summed E-state index contributed by atoms with van der Waals surface area (Å²) < 4.78 is 1.76. The number of aromatic hydroxyl groups is 1. The van der Waals surface area contributed by atoms with Crippen LogP contribution < -0.4 is 5.32 Å². The second-order valence-corrected chi connectivity index (χ2v) is 4.75. The molecule has 0 aliphatic heterocycles. The van der Waals surface area contributed by atoms with Crippen LogP contribution in [-0.4, -0.2) is 20.8 Å². The number of carbonyl (C=O) groups excluding carboxylic acids is 1. The number of nitrogens with one attached hydrogen (secondary N) is 1. The molecule has 0 spiro atoms. The summed E-state index contributed by atoms with van der Waals surface area (Å²) in [5.41, 5.74) is 2.84. The van der Waals surface area contributed by atoms with Crippen LogP contribution in [0.3, 0.4) is 0 Å². The van der Waals surface area contributed by atoms with Gasteiger partial charge in [0.1, 0.15) is 5.75 Å². The van der Waals surface area contributed by atoms with Gasteiger partial charge < -0.3 is 10.4 Å². The van der Waals surface area contributed by atoms with Crippen molar-refractivity contribution >= 4 is 5.91 Å². The van der Waals surface area contributed by atoms with Gasteiger partial charge in [0.05, 0.1) is 12.1 Å². The summed E-state index contributed by atoms with van der Waals surface area (Å²) in [6, 6.07) is 6.74. The minimum Gasteiger partial charge on any atom is -0.508 e. The standard InChI is InChI=1S/C15H19N3O2/c1-3-14-12(10-18(2)17-14)9-16-15(20)8-11-5-4-6-13(19)7-11/h4-7,10,19H,3,8-9H2,1-2H3,(H,16,20). The Hall–Kier alpha value is -2.30. The summed E-state index contributed by atoms with van der Waals surface area (Å²) >= 11 is 0. The Morgan fingerprint density at radius 3 is 2.95 bits per heavy atom. The van der Waals surface area contributed by atoms with E-state index in [2.05, 4.69) is 10.4 Å². The molecule has 1 aromatic carbocycles. The molecule has 0 unspecified atom stereocenters. The molecule has 5 nitrogen and oxygen atoms in total. The smallest absolute Gasteiger partial charge is 0.224 e. The van der Waals surface area contributed by atoms with Crippen molar-refractivity contribution in [1.29, 1.82) is 0 Å². The van der Waals surface area contributed by atoms with Crippen LogP contribution in [0.2, 0.25) is 0 Å². The summed E-state index contributed by atoms with van der Waals surface area (Å²) in [5, 5.41) is 16.6. The molecule has 0 aliphatic carbocycles. The summed E-state index contributed by atoms with van der Waals surface area (Å²) in [7, 11) is 1.87. The van der Waals surface area contributed by atoms with E-state index in [4.69, 9.17) is 0 Å². The summed E-state index contributed by atoms with van der Waals surface area (Å²) in [6.45, 7) is 2.52. The van der Waals surface area contributed by atoms with Gasteiger partial charge in [-0.15, -0.1) is 0 Å². The Kier molecular flexibility index (Phi) is 4.40. The summed E-state index contributed by atoms with van der Waals surface area (Å²) in [5.74, 6) is 0.109. The molecule has 2 N–H and O–H groups in total. The van der Waals surface area contributed by atoms with Gasteiger partial charge in [-0.2, -0.15) is 5.10 Å². The fraction of sp³-hybridized carbons (Fsp3) is 0.333. The first-order chi connectivity index (χ1) is 9.58. The van der Waals surface area contributed by atoms with Gasteiger partial charge in [-0.25, -0.2) is 0 Å². The molecule has 5 heteroatoms. The molecule has 0 fully saturated rings. The van der Waals surface area contributed by atoms with Crippen molar-refractivity contribution in [2.75, 3.05) is 0 Å². The van der Waals surface area contributed by atoms with Gasteiger partial charge in [0.15, 0.2) is 0 Å². The lowest BCUT2D eigenvalue weighted by molar-refractivity contribution is -0.120. The minimum absolute atomic E-state index is 0.0680. The van der Waals surface area contributed by atoms with Crippen molar-refractivity contribution in [2.24, 2.45) is 7.05 Å². The van der Waals surface area contributed by atoms with E-state index < -0.39 is 0 Å². The first kappa shape index (κ1) is 14.1. The Balaban J connectivity index is 1.92. The molecule has 106 valence electrons. The number of benzene rings is 1. The van der Waals surface area contributed by atoms with Crippen LogP contribution >= 0.6 is 0 Å². The molecular formula is C15H19N3O2. The molecule has 1 amide bonds. The second kappa shape index (κ2) is 6.23. The monoisotopic (exact) mass is 273 g/mol. The highest BCUT2D eigenvalue weighted by atomic mass is 16.3. The molecule has 0 radical (unpaired) electrons. The predicted octanol–water partition coefficient (Wildman–Crippen LogP) is 1.55. The third kappa shape index (κ3) is 3.60. The fourth-order valence-electron chi connectivity index (χ4n) is 2.14. The van der Waals surface area contributed by atoms with Crippen molar-refractivity contribution in [1.82, 2.24) is 15.1 Å². The number of nitrogens with zero attached hydrogens (tertiary/aromatic N) is 2. The molecule has 0 bridgehead atoms. The number of hydrogen-bond acceptors (Lipinski definition) is 3. The molecular weight excluding hydrogens is 254 g/mol. The lowest BCUT2D eigenvalue weighted by Crippen LogP contribution is -2.24. The number of carbonyl (C=O) groups is 1. The highest BCUT2D eigenvalue weighted by Crippen LogP contribution is 2.11. The fourth-order valence-corrected chi connectivity index (χ4v) is 2.14. The van der Waals surface area contributed by atoms with Gasteiger partial charge in [-0.1, -0.05) is 19.1 Å². The van der Waals surface area contributed by atoms with E-state index in [1.807, 2.05) is 26.2 Å². The molecule has 0 atom stereocenters. The predicted molar refractivity (Wildman–Crippen MR) is 76.2 cm³/mol. The number of amides is 1. The minimum atomic E-state index is -0.0680. The van der Waals surface area contributed by atoms with E-state index in [1.165, 1.54) is 0 Å². The van der Waals surface area contributed by atoms with Gasteiger partial charge in [-0.3, -0.25) is 9.48 Å². The maximum Gasteiger partial charge on any atom is 0.224 e. The zero-order chi connectivity index (χ0) is 14.5. The molecule has 0 saturated carbocycles. The van der Waals surface area contributed by atoms with Crippen LogP contribution in [0.5, 0.6) is 5.75 Å². The third-order valence-corrected chi connectivity index (χ3v) is 3.08. The SMILES string of the molecule is CCc1nn(C)cc1CNC(=O)Cc1cccc(O)c1. The zero-order valence-electron chi connectivity index (χ0n) is 11.8. The number of aromatic nitrogens is 2. The number of phenols is 1. The first-order valence-electron chi connectivity index (χ1n) is 6.64. The first-order valence-corrected chi connectivity index (χ1v) is 6.64. The van der Waals surface area contributed by atoms with E-state index >= 15 is 0 Å². The van der Waals surface area contributed by atoms with Crippen LogP contribution in [0, 0.1) is 0 Å². The molecule has 1 aromatic heterocycles. The summed E-state index contributed by atoms with van der Waals surface area (Å²) in [6.07, 6.45) is 3.03. The van der Waals surface area contributed by atoms with Gasteiger partial charge >= 0.3 is 0 Å². The largest absolute Gasteiger partial charge is 0.508 e. The average Bonchev–Trinajstić information content (AvgIpc) is 2.77. The maximum absolute atomic E-state index is 11.9. The van der Waals surface area contributed by atoms with E-state index in [9.17, 15) is 9.90 Å². The van der Waals surface area contributed by atoms with Gasteiger partial charge in [0, 0.05) is 25.4 Å². The van der Waals surface area contributed by atoms with Gasteiger partial charge in [0.25, 0.3) is 0 Å². The van der Waals surface area contributed by atoms with Gasteiger partial charge in [0.2, 0.25) is 5.91 Å². The van der Waals surface area contributed by atoms with Crippen molar-refractivity contribution in [2.45, 2.75) is 26.3 Å². The van der Waals surface area contributed by atoms with Crippen LogP contribution in [-0.2, 0) is 31.2 Å². The van der Waals surface area contributed by atoms with E-state index in [1.54, 1.807) is 22.9 Å². The van der Waals surface area contributed by atoms with Crippen molar-refractivity contribution < 1.29 is 9.90 Å². The summed E-state index contributed by atoms with van der Waals surface area (Å²) in [4.78, 5) is 11.9. The number of aryl methyl sites for hydroxylation is 2.